The fourth-order valence-corrected chi connectivity index (χ4v) is 3.10. The van der Waals surface area contributed by atoms with Gasteiger partial charge in [-0.3, -0.25) is 14.4 Å². The Labute approximate surface area is 148 Å². The van der Waals surface area contributed by atoms with E-state index in [4.69, 9.17) is 4.74 Å². The number of rotatable bonds is 6. The maximum Gasteiger partial charge on any atom is 0.226 e. The molecule has 0 unspecified atom stereocenters. The monoisotopic (exact) mass is 342 g/mol. The number of morpholine rings is 1. The molecule has 134 valence electrons. The number of carbonyl (C=O) groups is 1. The Bertz CT molecular complexity index is 720. The zero-order valence-electron chi connectivity index (χ0n) is 15.0. The summed E-state index contributed by atoms with van der Waals surface area (Å²) in [5, 5.41) is 7.38. The van der Waals surface area contributed by atoms with Crippen molar-refractivity contribution in [3.63, 3.8) is 0 Å². The van der Waals surface area contributed by atoms with E-state index in [0.29, 0.717) is 13.0 Å². The van der Waals surface area contributed by atoms with Crippen LogP contribution in [0.1, 0.15) is 23.4 Å². The molecule has 1 aromatic heterocycles. The average molecular weight is 342 g/mol. The van der Waals surface area contributed by atoms with Gasteiger partial charge >= 0.3 is 0 Å². The van der Waals surface area contributed by atoms with Crippen molar-refractivity contribution in [2.24, 2.45) is 0 Å². The summed E-state index contributed by atoms with van der Waals surface area (Å²) in [6.45, 7) is 8.96. The van der Waals surface area contributed by atoms with Crippen LogP contribution >= 0.6 is 0 Å². The molecule has 0 radical (unpaired) electrons. The predicted molar refractivity (Wildman–Crippen MR) is 97.5 cm³/mol. The highest BCUT2D eigenvalue weighted by atomic mass is 16.5. The number of ether oxygens (including phenoxy) is 1. The zero-order chi connectivity index (χ0) is 17.6. The molecule has 2 aromatic rings. The Morgan fingerprint density at radius 2 is 2.04 bits per heavy atom. The number of carbonyl (C=O) groups excluding carboxylic acids is 1. The molecule has 0 saturated carbocycles. The van der Waals surface area contributed by atoms with Crippen molar-refractivity contribution in [2.75, 3.05) is 31.6 Å². The Kier molecular flexibility index (Phi) is 5.83. The Morgan fingerprint density at radius 1 is 1.24 bits per heavy atom. The summed E-state index contributed by atoms with van der Waals surface area (Å²) < 4.78 is 7.26. The molecule has 1 fully saturated rings. The van der Waals surface area contributed by atoms with Crippen LogP contribution in [0.15, 0.2) is 30.3 Å². The molecular weight excluding hydrogens is 316 g/mol. The van der Waals surface area contributed by atoms with Gasteiger partial charge < -0.3 is 10.1 Å². The van der Waals surface area contributed by atoms with Gasteiger partial charge in [-0.1, -0.05) is 12.1 Å². The molecule has 1 saturated heterocycles. The topological polar surface area (TPSA) is 59.4 Å². The molecule has 0 atom stereocenters. The van der Waals surface area contributed by atoms with Crippen LogP contribution in [-0.2, 0) is 22.6 Å². The number of nitrogens with one attached hydrogen (secondary N) is 1. The van der Waals surface area contributed by atoms with Gasteiger partial charge in [-0.25, -0.2) is 0 Å². The highest BCUT2D eigenvalue weighted by Crippen LogP contribution is 2.14. The summed E-state index contributed by atoms with van der Waals surface area (Å²) in [6.07, 6.45) is 0.412. The van der Waals surface area contributed by atoms with Crippen LogP contribution < -0.4 is 5.32 Å². The highest BCUT2D eigenvalue weighted by molar-refractivity contribution is 5.90. The number of aromatic nitrogens is 2. The van der Waals surface area contributed by atoms with Gasteiger partial charge in [0.15, 0.2) is 0 Å². The first-order valence-electron chi connectivity index (χ1n) is 8.80. The van der Waals surface area contributed by atoms with Gasteiger partial charge in [-0.2, -0.15) is 5.10 Å². The third kappa shape index (κ3) is 5.14. The first-order chi connectivity index (χ1) is 12.1. The number of amides is 1. The van der Waals surface area contributed by atoms with Crippen molar-refractivity contribution >= 4 is 11.6 Å². The second-order valence-electron chi connectivity index (χ2n) is 6.54. The first kappa shape index (κ1) is 17.6. The van der Waals surface area contributed by atoms with E-state index in [1.807, 2.05) is 36.7 Å². The summed E-state index contributed by atoms with van der Waals surface area (Å²) in [4.78, 5) is 14.6. The number of hydrogen-bond acceptors (Lipinski definition) is 4. The summed E-state index contributed by atoms with van der Waals surface area (Å²) in [7, 11) is 0. The second kappa shape index (κ2) is 8.27. The van der Waals surface area contributed by atoms with Crippen LogP contribution in [0.25, 0.3) is 0 Å². The minimum atomic E-state index is 0.0103. The molecule has 0 aliphatic carbocycles. The molecule has 1 aliphatic heterocycles. The third-order valence-electron chi connectivity index (χ3n) is 4.37. The van der Waals surface area contributed by atoms with Crippen molar-refractivity contribution in [3.05, 3.63) is 47.3 Å². The van der Waals surface area contributed by atoms with Crippen molar-refractivity contribution in [2.45, 2.75) is 33.4 Å². The van der Waals surface area contributed by atoms with E-state index in [1.54, 1.807) is 0 Å². The molecule has 1 aliphatic rings. The summed E-state index contributed by atoms with van der Waals surface area (Å²) in [5.74, 6) is 0.0103. The molecule has 25 heavy (non-hydrogen) atoms. The largest absolute Gasteiger partial charge is 0.379 e. The van der Waals surface area contributed by atoms with Crippen molar-refractivity contribution in [1.82, 2.24) is 14.7 Å². The smallest absolute Gasteiger partial charge is 0.226 e. The molecule has 1 aromatic carbocycles. The minimum Gasteiger partial charge on any atom is -0.379 e. The van der Waals surface area contributed by atoms with E-state index in [-0.39, 0.29) is 5.91 Å². The molecule has 3 rings (SSSR count). The molecule has 2 heterocycles. The summed E-state index contributed by atoms with van der Waals surface area (Å²) in [5.41, 5.74) is 4.12. The van der Waals surface area contributed by atoms with E-state index >= 15 is 0 Å². The van der Waals surface area contributed by atoms with Crippen molar-refractivity contribution < 1.29 is 9.53 Å². The lowest BCUT2D eigenvalue weighted by Crippen LogP contribution is -2.35. The van der Waals surface area contributed by atoms with Crippen LogP contribution in [0.4, 0.5) is 5.69 Å². The Morgan fingerprint density at radius 3 is 2.76 bits per heavy atom. The number of nitrogens with zero attached hydrogens (tertiary/aromatic N) is 3. The van der Waals surface area contributed by atoms with Crippen LogP contribution in [0.5, 0.6) is 0 Å². The number of benzene rings is 1. The maximum absolute atomic E-state index is 12.2. The minimum absolute atomic E-state index is 0.0103. The number of hydrogen-bond donors (Lipinski definition) is 1. The molecule has 0 bridgehead atoms. The van der Waals surface area contributed by atoms with Crippen LogP contribution in [-0.4, -0.2) is 46.9 Å². The van der Waals surface area contributed by atoms with Crippen molar-refractivity contribution in [1.29, 1.82) is 0 Å². The summed E-state index contributed by atoms with van der Waals surface area (Å²) >= 11 is 0. The van der Waals surface area contributed by atoms with Crippen LogP contribution in [0.3, 0.4) is 0 Å². The number of anilines is 1. The van der Waals surface area contributed by atoms with Gasteiger partial charge in [0.2, 0.25) is 5.91 Å². The maximum atomic E-state index is 12.2. The molecule has 6 heteroatoms. The SMILES string of the molecule is Cc1cc(C)n(CCC(=O)Nc2cccc(CN3CCOCC3)c2)n1. The molecule has 1 N–H and O–H groups in total. The van der Waals surface area contributed by atoms with E-state index in [1.165, 1.54) is 5.56 Å². The fraction of sp³-hybridized carbons (Fsp3) is 0.474. The van der Waals surface area contributed by atoms with Gasteiger partial charge in [0.25, 0.3) is 0 Å². The molecule has 1 amide bonds. The van der Waals surface area contributed by atoms with Gasteiger partial charge in [0.1, 0.15) is 0 Å². The summed E-state index contributed by atoms with van der Waals surface area (Å²) in [6, 6.07) is 10.1. The predicted octanol–water partition coefficient (Wildman–Crippen LogP) is 2.36. The quantitative estimate of drug-likeness (QED) is 0.875. The molecule has 6 nitrogen and oxygen atoms in total. The normalized spacial score (nSPS) is 15.3. The van der Waals surface area contributed by atoms with E-state index in [9.17, 15) is 4.79 Å². The van der Waals surface area contributed by atoms with Crippen molar-refractivity contribution in [3.8, 4) is 0 Å². The van der Waals surface area contributed by atoms with Gasteiger partial charge in [0, 0.05) is 44.0 Å². The fourth-order valence-electron chi connectivity index (χ4n) is 3.10. The Hall–Kier alpha value is -2.18. The van der Waals surface area contributed by atoms with Crippen LogP contribution in [0, 0.1) is 13.8 Å². The van der Waals surface area contributed by atoms with E-state index < -0.39 is 0 Å². The lowest BCUT2D eigenvalue weighted by molar-refractivity contribution is -0.116. The second-order valence-corrected chi connectivity index (χ2v) is 6.54. The zero-order valence-corrected chi connectivity index (χ0v) is 15.0. The van der Waals surface area contributed by atoms with Gasteiger partial charge in [-0.05, 0) is 37.6 Å². The number of aryl methyl sites for hydroxylation is 3. The van der Waals surface area contributed by atoms with Gasteiger partial charge in [-0.15, -0.1) is 0 Å². The van der Waals surface area contributed by atoms with Gasteiger partial charge in [0.05, 0.1) is 18.9 Å². The lowest BCUT2D eigenvalue weighted by atomic mass is 10.1. The van der Waals surface area contributed by atoms with E-state index in [2.05, 4.69) is 27.4 Å². The highest BCUT2D eigenvalue weighted by Gasteiger charge is 2.11. The lowest BCUT2D eigenvalue weighted by Gasteiger charge is -2.26. The third-order valence-corrected chi connectivity index (χ3v) is 4.37. The van der Waals surface area contributed by atoms with Crippen LogP contribution in [0.2, 0.25) is 0 Å². The Balaban J connectivity index is 1.52. The first-order valence-corrected chi connectivity index (χ1v) is 8.80. The molecule has 0 spiro atoms. The standard InChI is InChI=1S/C19H26N4O2/c1-15-12-16(2)23(21-15)7-6-19(24)20-18-5-3-4-17(13-18)14-22-8-10-25-11-9-22/h3-5,12-13H,6-11,14H2,1-2H3,(H,20,24). The van der Waals surface area contributed by atoms with E-state index in [0.717, 1.165) is 49.9 Å². The molecular formula is C19H26N4O2. The average Bonchev–Trinajstić information content (AvgIpc) is 2.92.